The van der Waals surface area contributed by atoms with Crippen LogP contribution in [0, 0.1) is 0 Å². The van der Waals surface area contributed by atoms with Crippen LogP contribution in [-0.2, 0) is 19.1 Å². The minimum absolute atomic E-state index is 0.219. The molecule has 1 fully saturated rings. The number of carbonyl (C=O) groups is 2. The van der Waals surface area contributed by atoms with Crippen LogP contribution in [0.25, 0.3) is 0 Å². The summed E-state index contributed by atoms with van der Waals surface area (Å²) in [5.74, 6) is -2.28. The van der Waals surface area contributed by atoms with Crippen molar-refractivity contribution in [1.82, 2.24) is 0 Å². The molecule has 6 nitrogen and oxygen atoms in total. The summed E-state index contributed by atoms with van der Waals surface area (Å²) in [6.45, 7) is 2.97. The molecule has 0 radical (unpaired) electrons. The van der Waals surface area contributed by atoms with Crippen LogP contribution in [0.4, 0.5) is 5.69 Å². The monoisotopic (exact) mass is 311 g/mol. The molecule has 0 unspecified atom stereocenters. The third-order valence-electron chi connectivity index (χ3n) is 2.65. The van der Waals surface area contributed by atoms with Crippen molar-refractivity contribution in [2.24, 2.45) is 0 Å². The minimum Gasteiger partial charge on any atom is -0.495 e. The molecule has 1 aromatic rings. The highest BCUT2D eigenvalue weighted by atomic mass is 35.5. The fourth-order valence-electron chi connectivity index (χ4n) is 1.68. The van der Waals surface area contributed by atoms with Gasteiger partial charge in [0.1, 0.15) is 5.75 Å². The standard InChI is InChI=1S/C14H14ClNO5/c1-14(2)20-12(17)9(13(18)21-14)7-16-8-4-5-10(15)11(6-8)19-3/h4-7,16H,1-3H3. The van der Waals surface area contributed by atoms with Gasteiger partial charge in [-0.15, -0.1) is 0 Å². The normalized spacial score (nSPS) is 16.9. The fraction of sp³-hybridized carbons (Fsp3) is 0.286. The summed E-state index contributed by atoms with van der Waals surface area (Å²) >= 11 is 5.91. The molecule has 0 saturated carbocycles. The largest absolute Gasteiger partial charge is 0.495 e. The van der Waals surface area contributed by atoms with Gasteiger partial charge in [-0.3, -0.25) is 0 Å². The molecule has 0 bridgehead atoms. The van der Waals surface area contributed by atoms with Crippen LogP contribution in [0.1, 0.15) is 13.8 Å². The third kappa shape index (κ3) is 3.46. The first-order chi connectivity index (χ1) is 9.82. The van der Waals surface area contributed by atoms with Gasteiger partial charge < -0.3 is 19.5 Å². The van der Waals surface area contributed by atoms with Gasteiger partial charge in [0.2, 0.25) is 0 Å². The molecule has 1 saturated heterocycles. The molecule has 0 aliphatic carbocycles. The maximum atomic E-state index is 11.7. The van der Waals surface area contributed by atoms with Crippen LogP contribution >= 0.6 is 11.6 Å². The summed E-state index contributed by atoms with van der Waals surface area (Å²) in [5, 5.41) is 3.25. The van der Waals surface area contributed by atoms with Crippen molar-refractivity contribution in [3.63, 3.8) is 0 Å². The van der Waals surface area contributed by atoms with E-state index in [4.69, 9.17) is 25.8 Å². The molecule has 0 atom stereocenters. The molecular weight excluding hydrogens is 298 g/mol. The summed E-state index contributed by atoms with van der Waals surface area (Å²) in [5.41, 5.74) is 0.373. The van der Waals surface area contributed by atoms with E-state index >= 15 is 0 Å². The predicted molar refractivity (Wildman–Crippen MR) is 76.0 cm³/mol. The Kier molecular flexibility index (Phi) is 4.09. The van der Waals surface area contributed by atoms with Gasteiger partial charge in [-0.05, 0) is 12.1 Å². The molecular formula is C14H14ClNO5. The van der Waals surface area contributed by atoms with Gasteiger partial charge >= 0.3 is 11.9 Å². The second-order valence-corrected chi connectivity index (χ2v) is 5.14. The van der Waals surface area contributed by atoms with Crippen LogP contribution in [0.15, 0.2) is 30.0 Å². The number of cyclic esters (lactones) is 2. The summed E-state index contributed by atoms with van der Waals surface area (Å²) in [7, 11) is 1.49. The number of methoxy groups -OCH3 is 1. The lowest BCUT2D eigenvalue weighted by Gasteiger charge is -2.29. The minimum atomic E-state index is -1.25. The summed E-state index contributed by atoms with van der Waals surface area (Å²) in [6, 6.07) is 4.93. The second-order valence-electron chi connectivity index (χ2n) is 4.73. The quantitative estimate of drug-likeness (QED) is 0.525. The number of ether oxygens (including phenoxy) is 3. The Bertz CT molecular complexity index is 602. The van der Waals surface area contributed by atoms with Crippen molar-refractivity contribution < 1.29 is 23.8 Å². The first-order valence-electron chi connectivity index (χ1n) is 6.09. The zero-order chi connectivity index (χ0) is 15.6. The van der Waals surface area contributed by atoms with Gasteiger partial charge in [0.15, 0.2) is 5.57 Å². The van der Waals surface area contributed by atoms with E-state index in [1.807, 2.05) is 0 Å². The second kappa shape index (κ2) is 5.65. The maximum absolute atomic E-state index is 11.7. The molecule has 1 aliphatic heterocycles. The fourth-order valence-corrected chi connectivity index (χ4v) is 1.88. The van der Waals surface area contributed by atoms with E-state index in [0.717, 1.165) is 0 Å². The lowest BCUT2D eigenvalue weighted by Crippen LogP contribution is -2.42. The van der Waals surface area contributed by atoms with Crippen LogP contribution < -0.4 is 10.1 Å². The first-order valence-corrected chi connectivity index (χ1v) is 6.47. The highest BCUT2D eigenvalue weighted by Crippen LogP contribution is 2.28. The number of hydrogen-bond acceptors (Lipinski definition) is 6. The van der Waals surface area contributed by atoms with Crippen LogP contribution in [0.5, 0.6) is 5.75 Å². The molecule has 0 amide bonds. The Labute approximate surface area is 126 Å². The number of anilines is 1. The lowest BCUT2D eigenvalue weighted by molar-refractivity contribution is -0.222. The smallest absolute Gasteiger partial charge is 0.350 e. The highest BCUT2D eigenvalue weighted by molar-refractivity contribution is 6.32. The SMILES string of the molecule is COc1cc(NC=C2C(=O)OC(C)(C)OC2=O)ccc1Cl. The van der Waals surface area contributed by atoms with E-state index in [1.165, 1.54) is 27.2 Å². The Morgan fingerprint density at radius 1 is 1.24 bits per heavy atom. The average molecular weight is 312 g/mol. The van der Waals surface area contributed by atoms with E-state index in [-0.39, 0.29) is 5.57 Å². The highest BCUT2D eigenvalue weighted by Gasteiger charge is 2.38. The Hall–Kier alpha value is -2.21. The van der Waals surface area contributed by atoms with E-state index < -0.39 is 17.7 Å². The molecule has 1 heterocycles. The number of benzene rings is 1. The number of nitrogens with one attached hydrogen (secondary N) is 1. The van der Waals surface area contributed by atoms with Crippen LogP contribution in [-0.4, -0.2) is 24.8 Å². The van der Waals surface area contributed by atoms with E-state index in [9.17, 15) is 9.59 Å². The van der Waals surface area contributed by atoms with Crippen molar-refractivity contribution in [3.8, 4) is 5.75 Å². The summed E-state index contributed by atoms with van der Waals surface area (Å²) < 4.78 is 15.0. The number of halogens is 1. The number of carbonyl (C=O) groups excluding carboxylic acids is 2. The van der Waals surface area contributed by atoms with Crippen molar-refractivity contribution in [1.29, 1.82) is 0 Å². The molecule has 0 spiro atoms. The summed E-state index contributed by atoms with van der Waals surface area (Å²) in [4.78, 5) is 23.5. The average Bonchev–Trinajstić information content (AvgIpc) is 2.38. The molecule has 112 valence electrons. The van der Waals surface area contributed by atoms with Gasteiger partial charge in [0.25, 0.3) is 5.79 Å². The van der Waals surface area contributed by atoms with Crippen molar-refractivity contribution in [2.45, 2.75) is 19.6 Å². The van der Waals surface area contributed by atoms with Crippen molar-refractivity contribution in [2.75, 3.05) is 12.4 Å². The topological polar surface area (TPSA) is 73.9 Å². The van der Waals surface area contributed by atoms with Gasteiger partial charge in [0.05, 0.1) is 12.1 Å². The zero-order valence-electron chi connectivity index (χ0n) is 11.7. The third-order valence-corrected chi connectivity index (χ3v) is 2.96. The van der Waals surface area contributed by atoms with E-state index in [0.29, 0.717) is 16.5 Å². The van der Waals surface area contributed by atoms with Gasteiger partial charge in [-0.2, -0.15) is 0 Å². The summed E-state index contributed by atoms with van der Waals surface area (Å²) in [6.07, 6.45) is 1.22. The first kappa shape index (κ1) is 15.2. The Morgan fingerprint density at radius 3 is 2.43 bits per heavy atom. The lowest BCUT2D eigenvalue weighted by atomic mass is 10.2. The molecule has 1 aliphatic rings. The molecule has 0 aromatic heterocycles. The van der Waals surface area contributed by atoms with Gasteiger partial charge in [-0.1, -0.05) is 11.6 Å². The molecule has 7 heteroatoms. The van der Waals surface area contributed by atoms with Crippen molar-refractivity contribution >= 4 is 29.2 Å². The maximum Gasteiger partial charge on any atom is 0.350 e. The predicted octanol–water partition coefficient (Wildman–Crippen LogP) is 2.48. The number of esters is 2. The van der Waals surface area contributed by atoms with Crippen LogP contribution in [0.2, 0.25) is 5.02 Å². The molecule has 1 N–H and O–H groups in total. The van der Waals surface area contributed by atoms with Gasteiger partial charge in [-0.25, -0.2) is 9.59 Å². The Morgan fingerprint density at radius 2 is 1.86 bits per heavy atom. The molecule has 2 rings (SSSR count). The molecule has 1 aromatic carbocycles. The molecule has 21 heavy (non-hydrogen) atoms. The zero-order valence-corrected chi connectivity index (χ0v) is 12.5. The van der Waals surface area contributed by atoms with Gasteiger partial charge in [0, 0.05) is 31.8 Å². The van der Waals surface area contributed by atoms with E-state index in [1.54, 1.807) is 18.2 Å². The number of rotatable bonds is 3. The van der Waals surface area contributed by atoms with E-state index in [2.05, 4.69) is 5.32 Å². The Balaban J connectivity index is 2.17. The number of hydrogen-bond donors (Lipinski definition) is 1. The van der Waals surface area contributed by atoms with Crippen LogP contribution in [0.3, 0.4) is 0 Å². The van der Waals surface area contributed by atoms with Crippen molar-refractivity contribution in [3.05, 3.63) is 35.0 Å².